The third kappa shape index (κ3) is 5.21. The third-order valence-electron chi connectivity index (χ3n) is 6.32. The van der Waals surface area contributed by atoms with Gasteiger partial charge in [0.1, 0.15) is 11.9 Å². The summed E-state index contributed by atoms with van der Waals surface area (Å²) in [6.07, 6.45) is 1.72. The number of methoxy groups -OCH3 is 2. The number of rotatable bonds is 9. The molecule has 0 saturated carbocycles. The topological polar surface area (TPSA) is 143 Å². The maximum Gasteiger partial charge on any atom is 0.271 e. The normalized spacial score (nSPS) is 15.5. The molecule has 5 rings (SSSR count). The van der Waals surface area contributed by atoms with E-state index >= 15 is 0 Å². The zero-order chi connectivity index (χ0) is 28.2. The smallest absolute Gasteiger partial charge is 0.271 e. The molecule has 0 aliphatic carbocycles. The van der Waals surface area contributed by atoms with Crippen molar-refractivity contribution in [1.29, 1.82) is 0 Å². The molecule has 1 amide bonds. The summed E-state index contributed by atoms with van der Waals surface area (Å²) < 4.78 is 36.0. The summed E-state index contributed by atoms with van der Waals surface area (Å²) in [6, 6.07) is 11.1. The summed E-state index contributed by atoms with van der Waals surface area (Å²) in [5.41, 5.74) is 4.93. The van der Waals surface area contributed by atoms with Crippen LogP contribution in [0.2, 0.25) is 0 Å². The van der Waals surface area contributed by atoms with Gasteiger partial charge in [-0.2, -0.15) is 5.10 Å². The molecule has 2 aliphatic rings. The summed E-state index contributed by atoms with van der Waals surface area (Å²) in [4.78, 5) is 28.6. The second-order valence-corrected chi connectivity index (χ2v) is 8.71. The van der Waals surface area contributed by atoms with Crippen molar-refractivity contribution in [3.63, 3.8) is 0 Å². The van der Waals surface area contributed by atoms with Crippen LogP contribution in [0, 0.1) is 15.9 Å². The van der Waals surface area contributed by atoms with Gasteiger partial charge < -0.3 is 23.8 Å². The zero-order valence-corrected chi connectivity index (χ0v) is 21.4. The van der Waals surface area contributed by atoms with Gasteiger partial charge in [0, 0.05) is 41.7 Å². The van der Waals surface area contributed by atoms with Gasteiger partial charge in [0.25, 0.3) is 11.6 Å². The van der Waals surface area contributed by atoms with Crippen molar-refractivity contribution in [2.24, 2.45) is 10.3 Å². The van der Waals surface area contributed by atoms with E-state index in [2.05, 4.69) is 15.7 Å². The first-order valence-corrected chi connectivity index (χ1v) is 12.0. The first-order valence-electron chi connectivity index (χ1n) is 12.0. The molecule has 1 unspecified atom stereocenters. The molecule has 2 heterocycles. The number of nitrogens with one attached hydrogen (secondary N) is 1. The first kappa shape index (κ1) is 26.4. The van der Waals surface area contributed by atoms with Crippen molar-refractivity contribution in [1.82, 2.24) is 5.43 Å². The number of carbonyl (C=O) groups excluding carboxylic acids is 1. The Hall–Kier alpha value is -5.20. The molecule has 1 atom stereocenters. The number of benzene rings is 3. The van der Waals surface area contributed by atoms with E-state index in [1.54, 1.807) is 12.1 Å². The maximum absolute atomic E-state index is 13.4. The summed E-state index contributed by atoms with van der Waals surface area (Å²) in [5.74, 6) is 0.461. The second-order valence-electron chi connectivity index (χ2n) is 8.71. The Balaban J connectivity index is 1.42. The summed E-state index contributed by atoms with van der Waals surface area (Å²) >= 11 is 0. The Morgan fingerprint density at radius 1 is 1.12 bits per heavy atom. The Kier molecular flexibility index (Phi) is 7.44. The van der Waals surface area contributed by atoms with Crippen LogP contribution in [-0.2, 0) is 11.3 Å². The molecule has 3 aromatic rings. The minimum absolute atomic E-state index is 0.0449. The fourth-order valence-corrected chi connectivity index (χ4v) is 4.43. The fourth-order valence-electron chi connectivity index (χ4n) is 4.43. The van der Waals surface area contributed by atoms with E-state index in [0.717, 1.165) is 5.56 Å². The highest BCUT2D eigenvalue weighted by atomic mass is 19.1. The van der Waals surface area contributed by atoms with Crippen LogP contribution < -0.4 is 24.4 Å². The number of hydrogen-bond acceptors (Lipinski definition) is 10. The van der Waals surface area contributed by atoms with E-state index in [0.29, 0.717) is 52.7 Å². The van der Waals surface area contributed by atoms with E-state index in [1.807, 2.05) is 0 Å². The number of ether oxygens (including phenoxy) is 4. The molecule has 12 nitrogen and oxygen atoms in total. The maximum atomic E-state index is 13.4. The van der Waals surface area contributed by atoms with Crippen molar-refractivity contribution >= 4 is 23.5 Å². The standard InChI is InChI=1S/C27H23FN4O8/c1-36-23-20(11-19-12-22(31-40-19)15-3-7-17(28)8-4-15)21(24(37-2)26-25(23)38-14-39-26)13-29-30-27(33)16-5-9-18(10-6-16)32(34)35/h3-10,13,19H,11-12,14H2,1-2H3,(H,30,33). The van der Waals surface area contributed by atoms with Crippen LogP contribution in [0.5, 0.6) is 23.0 Å². The lowest BCUT2D eigenvalue weighted by atomic mass is 9.95. The molecule has 2 aliphatic heterocycles. The molecule has 0 bridgehead atoms. The lowest BCUT2D eigenvalue weighted by Gasteiger charge is -2.19. The number of nitro benzene ring substituents is 1. The number of carbonyl (C=O) groups is 1. The van der Waals surface area contributed by atoms with Crippen LogP contribution in [0.15, 0.2) is 58.8 Å². The van der Waals surface area contributed by atoms with Gasteiger partial charge in [0.05, 0.1) is 31.1 Å². The van der Waals surface area contributed by atoms with Crippen LogP contribution >= 0.6 is 0 Å². The minimum atomic E-state index is -0.573. The van der Waals surface area contributed by atoms with Crippen LogP contribution in [0.1, 0.15) is 33.5 Å². The predicted molar refractivity (Wildman–Crippen MR) is 140 cm³/mol. The van der Waals surface area contributed by atoms with Gasteiger partial charge in [-0.3, -0.25) is 14.9 Å². The van der Waals surface area contributed by atoms with E-state index in [-0.39, 0.29) is 23.9 Å². The number of fused-ring (bicyclic) bond motifs is 1. The van der Waals surface area contributed by atoms with Crippen LogP contribution in [0.3, 0.4) is 0 Å². The lowest BCUT2D eigenvalue weighted by molar-refractivity contribution is -0.384. The van der Waals surface area contributed by atoms with Crippen LogP contribution in [0.25, 0.3) is 0 Å². The largest absolute Gasteiger partial charge is 0.492 e. The molecule has 13 heteroatoms. The molecule has 0 aromatic heterocycles. The molecular weight excluding hydrogens is 527 g/mol. The molecule has 0 radical (unpaired) electrons. The summed E-state index contributed by atoms with van der Waals surface area (Å²) in [5, 5.41) is 19.2. The highest BCUT2D eigenvalue weighted by Gasteiger charge is 2.34. The molecule has 1 N–H and O–H groups in total. The van der Waals surface area contributed by atoms with Gasteiger partial charge in [-0.05, 0) is 29.8 Å². The lowest BCUT2D eigenvalue weighted by Crippen LogP contribution is -2.18. The number of hydrogen-bond donors (Lipinski definition) is 1. The second kappa shape index (κ2) is 11.3. The molecule has 0 spiro atoms. The predicted octanol–water partition coefficient (Wildman–Crippen LogP) is 3.98. The number of hydrazone groups is 1. The number of oxime groups is 1. The first-order chi connectivity index (χ1) is 19.4. The third-order valence-corrected chi connectivity index (χ3v) is 6.32. The van der Waals surface area contributed by atoms with Crippen LogP contribution in [0.4, 0.5) is 10.1 Å². The van der Waals surface area contributed by atoms with Crippen molar-refractivity contribution < 1.29 is 37.9 Å². The zero-order valence-electron chi connectivity index (χ0n) is 21.4. The molecule has 40 heavy (non-hydrogen) atoms. The van der Waals surface area contributed by atoms with Crippen molar-refractivity contribution in [3.05, 3.63) is 86.7 Å². The average Bonchev–Trinajstić information content (AvgIpc) is 3.64. The molecule has 3 aromatic carbocycles. The van der Waals surface area contributed by atoms with E-state index < -0.39 is 16.9 Å². The minimum Gasteiger partial charge on any atom is -0.492 e. The van der Waals surface area contributed by atoms with Gasteiger partial charge in [0.15, 0.2) is 11.5 Å². The Bertz CT molecular complexity index is 1510. The van der Waals surface area contributed by atoms with Gasteiger partial charge in [-0.25, -0.2) is 9.82 Å². The number of nitro groups is 1. The SMILES string of the molecule is COc1c(C=NNC(=O)c2ccc([N+](=O)[O-])cc2)c(CC2CC(c3ccc(F)cc3)=NO2)c(OC)c2c1OCO2. The molecule has 0 fully saturated rings. The molecular formula is C27H23FN4O8. The molecule has 0 saturated heterocycles. The highest BCUT2D eigenvalue weighted by molar-refractivity contribution is 6.01. The van der Waals surface area contributed by atoms with Gasteiger partial charge >= 0.3 is 0 Å². The van der Waals surface area contributed by atoms with Crippen LogP contribution in [-0.4, -0.2) is 49.9 Å². The number of nitrogens with zero attached hydrogens (tertiary/aromatic N) is 3. The van der Waals surface area contributed by atoms with Crippen molar-refractivity contribution in [3.8, 4) is 23.0 Å². The monoisotopic (exact) mass is 550 g/mol. The highest BCUT2D eigenvalue weighted by Crippen LogP contribution is 2.52. The quantitative estimate of drug-likeness (QED) is 0.239. The Labute approximate surface area is 227 Å². The molecule has 206 valence electrons. The number of amides is 1. The van der Waals surface area contributed by atoms with Crippen molar-refractivity contribution in [2.75, 3.05) is 21.0 Å². The fraction of sp³-hybridized carbons (Fsp3) is 0.222. The Morgan fingerprint density at radius 3 is 2.45 bits per heavy atom. The summed E-state index contributed by atoms with van der Waals surface area (Å²) in [6.45, 7) is -0.0449. The van der Waals surface area contributed by atoms with Gasteiger partial charge in [-0.1, -0.05) is 17.3 Å². The number of non-ortho nitro benzene ring substituents is 1. The van der Waals surface area contributed by atoms with Gasteiger partial charge in [-0.15, -0.1) is 0 Å². The average molecular weight is 550 g/mol. The Morgan fingerprint density at radius 2 is 1.80 bits per heavy atom. The summed E-state index contributed by atoms with van der Waals surface area (Å²) in [7, 11) is 2.95. The van der Waals surface area contributed by atoms with E-state index in [4.69, 9.17) is 23.8 Å². The van der Waals surface area contributed by atoms with E-state index in [9.17, 15) is 19.3 Å². The van der Waals surface area contributed by atoms with E-state index in [1.165, 1.54) is 56.8 Å². The van der Waals surface area contributed by atoms with Crippen molar-refractivity contribution in [2.45, 2.75) is 18.9 Å². The van der Waals surface area contributed by atoms with Gasteiger partial charge in [0.2, 0.25) is 18.3 Å². The number of halogens is 1.